The van der Waals surface area contributed by atoms with Crippen molar-refractivity contribution in [3.05, 3.63) is 60.4 Å². The molecule has 1 heterocycles. The predicted molar refractivity (Wildman–Crippen MR) is 112 cm³/mol. The highest BCUT2D eigenvalue weighted by Crippen LogP contribution is 2.22. The van der Waals surface area contributed by atoms with Gasteiger partial charge in [-0.15, -0.1) is 12.3 Å². The van der Waals surface area contributed by atoms with E-state index in [0.29, 0.717) is 0 Å². The van der Waals surface area contributed by atoms with Gasteiger partial charge in [-0.2, -0.15) is 5.10 Å². The van der Waals surface area contributed by atoms with Crippen LogP contribution in [-0.4, -0.2) is 14.8 Å². The molecule has 2 N–H and O–H groups in total. The molecule has 0 fully saturated rings. The lowest BCUT2D eigenvalue weighted by Crippen LogP contribution is -1.99. The highest BCUT2D eigenvalue weighted by molar-refractivity contribution is 7.97. The minimum atomic E-state index is 0.751. The van der Waals surface area contributed by atoms with Gasteiger partial charge >= 0.3 is 0 Å². The Balaban J connectivity index is 0.000000500. The molecule has 0 radical (unpaired) electrons. The third-order valence-electron chi connectivity index (χ3n) is 3.17. The van der Waals surface area contributed by atoms with Crippen molar-refractivity contribution in [2.24, 2.45) is 5.14 Å². The first-order chi connectivity index (χ1) is 12.7. The van der Waals surface area contributed by atoms with E-state index in [1.165, 1.54) is 11.9 Å². The van der Waals surface area contributed by atoms with Gasteiger partial charge < -0.3 is 0 Å². The molecule has 1 aromatic heterocycles. The van der Waals surface area contributed by atoms with Crippen molar-refractivity contribution in [3.63, 3.8) is 0 Å². The average molecular weight is 367 g/mol. The fraction of sp³-hybridized carbons (Fsp3) is 0.238. The molecule has 0 atom stereocenters. The maximum Gasteiger partial charge on any atom is 0.163 e. The summed E-state index contributed by atoms with van der Waals surface area (Å²) in [7, 11) is 0. The molecule has 0 bridgehead atoms. The van der Waals surface area contributed by atoms with Crippen molar-refractivity contribution < 1.29 is 0 Å². The topological polar surface area (TPSA) is 56.7 Å². The molecule has 0 aliphatic carbocycles. The number of hydrogen-bond donors (Lipinski definition) is 1. The van der Waals surface area contributed by atoms with E-state index in [4.69, 9.17) is 11.6 Å². The quantitative estimate of drug-likeness (QED) is 0.507. The molecule has 2 aromatic carbocycles. The Kier molecular flexibility index (Phi) is 9.85. The molecular formula is C21H26N4S. The van der Waals surface area contributed by atoms with Gasteiger partial charge in [0.1, 0.15) is 5.82 Å². The van der Waals surface area contributed by atoms with E-state index < -0.39 is 0 Å². The first-order valence-electron chi connectivity index (χ1n) is 8.59. The summed E-state index contributed by atoms with van der Waals surface area (Å²) in [6, 6.07) is 18.0. The SMILES string of the molecule is C#CCC.CC.Cc1nc(-c2ccccc2)n(-c2ccc(SN)cc2)n1. The lowest BCUT2D eigenvalue weighted by molar-refractivity contribution is 0.868. The van der Waals surface area contributed by atoms with E-state index in [1.54, 1.807) is 0 Å². The zero-order chi connectivity index (χ0) is 19.4. The minimum absolute atomic E-state index is 0.751. The summed E-state index contributed by atoms with van der Waals surface area (Å²) in [5.41, 5.74) is 2.02. The van der Waals surface area contributed by atoms with Gasteiger partial charge in [-0.25, -0.2) is 9.67 Å². The second kappa shape index (κ2) is 11.9. The summed E-state index contributed by atoms with van der Waals surface area (Å²) in [5.74, 6) is 4.03. The minimum Gasteiger partial charge on any atom is -0.274 e. The molecule has 3 aromatic rings. The predicted octanol–water partition coefficient (Wildman–Crippen LogP) is 5.26. The summed E-state index contributed by atoms with van der Waals surface area (Å²) in [4.78, 5) is 5.54. The lowest BCUT2D eigenvalue weighted by Gasteiger charge is -2.06. The Morgan fingerprint density at radius 3 is 2.15 bits per heavy atom. The molecule has 136 valence electrons. The van der Waals surface area contributed by atoms with Crippen LogP contribution in [0, 0.1) is 19.3 Å². The summed E-state index contributed by atoms with van der Waals surface area (Å²) in [6.45, 7) is 7.84. The standard InChI is InChI=1S/C15H14N4S.C4H6.C2H6/c1-11-17-15(12-5-3-2-4-6-12)19(18-11)13-7-9-14(20-16)10-8-13;1-3-4-2;1-2/h2-10H,16H2,1H3;1H,4H2,2H3;1-2H3. The molecule has 4 nitrogen and oxygen atoms in total. The van der Waals surface area contributed by atoms with Gasteiger partial charge in [-0.3, -0.25) is 5.14 Å². The Labute approximate surface area is 161 Å². The first-order valence-corrected chi connectivity index (χ1v) is 9.47. The molecule has 0 saturated heterocycles. The van der Waals surface area contributed by atoms with Crippen LogP contribution in [0.25, 0.3) is 17.1 Å². The summed E-state index contributed by atoms with van der Waals surface area (Å²) in [5, 5.41) is 10.0. The van der Waals surface area contributed by atoms with Crippen LogP contribution < -0.4 is 5.14 Å². The van der Waals surface area contributed by atoms with Crippen LogP contribution >= 0.6 is 11.9 Å². The van der Waals surface area contributed by atoms with Crippen molar-refractivity contribution in [2.75, 3.05) is 0 Å². The van der Waals surface area contributed by atoms with Gasteiger partial charge in [-0.05, 0) is 43.1 Å². The number of aromatic nitrogens is 3. The van der Waals surface area contributed by atoms with Crippen molar-refractivity contribution in [1.29, 1.82) is 0 Å². The van der Waals surface area contributed by atoms with Crippen LogP contribution in [0.3, 0.4) is 0 Å². The van der Waals surface area contributed by atoms with E-state index in [0.717, 1.165) is 34.2 Å². The van der Waals surface area contributed by atoms with Crippen LogP contribution in [0.4, 0.5) is 0 Å². The average Bonchev–Trinajstić information content (AvgIpc) is 3.12. The van der Waals surface area contributed by atoms with E-state index >= 15 is 0 Å². The number of aryl methyl sites for hydroxylation is 1. The second-order valence-corrected chi connectivity index (χ2v) is 5.64. The highest BCUT2D eigenvalue weighted by atomic mass is 32.2. The molecule has 0 spiro atoms. The summed E-state index contributed by atoms with van der Waals surface area (Å²) >= 11 is 1.23. The fourth-order valence-electron chi connectivity index (χ4n) is 2.04. The van der Waals surface area contributed by atoms with Crippen molar-refractivity contribution in [2.45, 2.75) is 39.0 Å². The molecule has 26 heavy (non-hydrogen) atoms. The second-order valence-electron chi connectivity index (χ2n) is 4.93. The van der Waals surface area contributed by atoms with E-state index in [9.17, 15) is 0 Å². The Morgan fingerprint density at radius 1 is 1.08 bits per heavy atom. The number of rotatable bonds is 3. The molecule has 0 unspecified atom stereocenters. The number of nitrogens with zero attached hydrogens (tertiary/aromatic N) is 3. The number of hydrogen-bond acceptors (Lipinski definition) is 4. The molecule has 0 amide bonds. The largest absolute Gasteiger partial charge is 0.274 e. The van der Waals surface area contributed by atoms with Crippen molar-refractivity contribution in [3.8, 4) is 29.4 Å². The van der Waals surface area contributed by atoms with E-state index in [1.807, 2.05) is 87.0 Å². The molecule has 0 saturated carbocycles. The van der Waals surface area contributed by atoms with E-state index in [-0.39, 0.29) is 0 Å². The fourth-order valence-corrected chi connectivity index (χ4v) is 2.33. The van der Waals surface area contributed by atoms with Gasteiger partial charge in [-0.1, -0.05) is 51.1 Å². The maximum absolute atomic E-state index is 5.55. The molecule has 3 rings (SSSR count). The van der Waals surface area contributed by atoms with Gasteiger partial charge in [0.2, 0.25) is 0 Å². The van der Waals surface area contributed by atoms with E-state index in [2.05, 4.69) is 16.0 Å². The molecule has 0 aliphatic heterocycles. The van der Waals surface area contributed by atoms with Gasteiger partial charge in [0.05, 0.1) is 5.69 Å². The summed E-state index contributed by atoms with van der Waals surface area (Å²) in [6.07, 6.45) is 5.62. The summed E-state index contributed by atoms with van der Waals surface area (Å²) < 4.78 is 1.86. The van der Waals surface area contributed by atoms with Crippen LogP contribution in [0.5, 0.6) is 0 Å². The number of terminal acetylenes is 1. The Morgan fingerprint density at radius 2 is 1.65 bits per heavy atom. The van der Waals surface area contributed by atoms with Gasteiger partial charge in [0.25, 0.3) is 0 Å². The number of benzene rings is 2. The van der Waals surface area contributed by atoms with Gasteiger partial charge in [0.15, 0.2) is 5.82 Å². The Bertz CT molecular complexity index is 802. The molecule has 5 heteroatoms. The molecular weight excluding hydrogens is 340 g/mol. The van der Waals surface area contributed by atoms with Crippen molar-refractivity contribution in [1.82, 2.24) is 14.8 Å². The third-order valence-corrected chi connectivity index (χ3v) is 3.71. The lowest BCUT2D eigenvalue weighted by atomic mass is 10.2. The smallest absolute Gasteiger partial charge is 0.163 e. The first kappa shape index (κ1) is 21.5. The van der Waals surface area contributed by atoms with Crippen LogP contribution in [0.15, 0.2) is 59.5 Å². The molecule has 0 aliphatic rings. The normalized spacial score (nSPS) is 9.23. The monoisotopic (exact) mass is 366 g/mol. The zero-order valence-corrected chi connectivity index (χ0v) is 16.6. The Hall–Kier alpha value is -2.55. The van der Waals surface area contributed by atoms with Crippen LogP contribution in [0.2, 0.25) is 0 Å². The maximum atomic E-state index is 5.55. The van der Waals surface area contributed by atoms with Crippen LogP contribution in [0.1, 0.15) is 33.0 Å². The zero-order valence-electron chi connectivity index (χ0n) is 15.8. The third kappa shape index (κ3) is 6.07. The van der Waals surface area contributed by atoms with Gasteiger partial charge in [0, 0.05) is 16.9 Å². The highest BCUT2D eigenvalue weighted by Gasteiger charge is 2.11. The number of nitrogens with two attached hydrogens (primary N) is 1. The van der Waals surface area contributed by atoms with Crippen molar-refractivity contribution >= 4 is 11.9 Å². The van der Waals surface area contributed by atoms with Crippen LogP contribution in [-0.2, 0) is 0 Å².